The smallest absolute Gasteiger partial charge is 0.123 e. The molecule has 0 radical (unpaired) electrons. The molecule has 0 spiro atoms. The van der Waals surface area contributed by atoms with Gasteiger partial charge in [0.2, 0.25) is 0 Å². The van der Waals surface area contributed by atoms with Crippen LogP contribution in [0, 0.1) is 29.5 Å². The monoisotopic (exact) mass is 273 g/mol. The molecule has 20 heavy (non-hydrogen) atoms. The molecule has 1 aromatic carbocycles. The molecule has 4 aliphatic rings. The van der Waals surface area contributed by atoms with Crippen molar-refractivity contribution < 1.29 is 4.39 Å². The Morgan fingerprint density at radius 3 is 2.10 bits per heavy atom. The number of hydrogen-bond acceptors (Lipinski definition) is 1. The van der Waals surface area contributed by atoms with Crippen molar-refractivity contribution in [2.45, 2.75) is 44.6 Å². The molecule has 0 heterocycles. The van der Waals surface area contributed by atoms with Gasteiger partial charge in [0.15, 0.2) is 0 Å². The average molecular weight is 273 g/mol. The summed E-state index contributed by atoms with van der Waals surface area (Å²) in [5, 5.41) is 3.83. The van der Waals surface area contributed by atoms with Gasteiger partial charge in [-0.1, -0.05) is 12.1 Å². The summed E-state index contributed by atoms with van der Waals surface area (Å²) in [4.78, 5) is 0. The van der Waals surface area contributed by atoms with Gasteiger partial charge in [-0.25, -0.2) is 4.39 Å². The molecular weight excluding hydrogens is 249 g/mol. The fourth-order valence-corrected chi connectivity index (χ4v) is 5.29. The highest BCUT2D eigenvalue weighted by Gasteiger charge is 2.47. The third kappa shape index (κ3) is 2.39. The summed E-state index contributed by atoms with van der Waals surface area (Å²) in [6.07, 6.45) is 8.43. The van der Waals surface area contributed by atoms with E-state index in [9.17, 15) is 4.39 Å². The molecule has 1 aromatic rings. The number of rotatable bonds is 4. The zero-order chi connectivity index (χ0) is 13.5. The van der Waals surface area contributed by atoms with E-state index in [-0.39, 0.29) is 5.82 Å². The van der Waals surface area contributed by atoms with E-state index in [0.29, 0.717) is 0 Å². The zero-order valence-electron chi connectivity index (χ0n) is 12.0. The largest absolute Gasteiger partial charge is 0.313 e. The molecule has 1 nitrogen and oxygen atoms in total. The lowest BCUT2D eigenvalue weighted by Crippen LogP contribution is -2.54. The van der Waals surface area contributed by atoms with Crippen LogP contribution in [0.25, 0.3) is 0 Å². The summed E-state index contributed by atoms with van der Waals surface area (Å²) < 4.78 is 12.9. The van der Waals surface area contributed by atoms with Crippen LogP contribution in [0.1, 0.15) is 37.7 Å². The van der Waals surface area contributed by atoms with Gasteiger partial charge in [-0.3, -0.25) is 0 Å². The zero-order valence-corrected chi connectivity index (χ0v) is 12.0. The highest BCUT2D eigenvalue weighted by molar-refractivity contribution is 5.16. The minimum absolute atomic E-state index is 0.136. The van der Waals surface area contributed by atoms with Crippen LogP contribution >= 0.6 is 0 Å². The maximum absolute atomic E-state index is 12.9. The Morgan fingerprint density at radius 1 is 0.900 bits per heavy atom. The second-order valence-electron chi connectivity index (χ2n) is 7.29. The molecule has 4 bridgehead atoms. The van der Waals surface area contributed by atoms with Crippen molar-refractivity contribution in [3.05, 3.63) is 35.6 Å². The number of hydrogen-bond donors (Lipinski definition) is 1. The van der Waals surface area contributed by atoms with E-state index in [0.717, 1.165) is 42.7 Å². The van der Waals surface area contributed by atoms with Gasteiger partial charge >= 0.3 is 0 Å². The van der Waals surface area contributed by atoms with E-state index in [2.05, 4.69) is 5.32 Å². The Labute approximate surface area is 121 Å². The van der Waals surface area contributed by atoms with Crippen LogP contribution in [-0.4, -0.2) is 12.6 Å². The highest BCUT2D eigenvalue weighted by Crippen LogP contribution is 2.53. The second kappa shape index (κ2) is 5.14. The van der Waals surface area contributed by atoms with Crippen molar-refractivity contribution in [3.63, 3.8) is 0 Å². The minimum Gasteiger partial charge on any atom is -0.313 e. The number of nitrogens with one attached hydrogen (secondary N) is 1. The lowest BCUT2D eigenvalue weighted by molar-refractivity contribution is -0.0133. The van der Waals surface area contributed by atoms with Crippen LogP contribution in [0.2, 0.25) is 0 Å². The molecule has 5 rings (SSSR count). The van der Waals surface area contributed by atoms with Gasteiger partial charge in [-0.2, -0.15) is 0 Å². The van der Waals surface area contributed by atoms with Crippen LogP contribution in [0.3, 0.4) is 0 Å². The summed E-state index contributed by atoms with van der Waals surface area (Å²) in [6.45, 7) is 1.04. The molecular formula is C18H24FN. The fraction of sp³-hybridized carbons (Fsp3) is 0.667. The van der Waals surface area contributed by atoms with Crippen molar-refractivity contribution >= 4 is 0 Å². The lowest BCUT2D eigenvalue weighted by atomic mass is 9.54. The molecule has 0 aromatic heterocycles. The minimum atomic E-state index is -0.136. The standard InChI is InChI=1S/C18H24FN/c19-17-3-1-12(2-4-17)5-6-20-18-15-8-13-7-14(10-15)11-16(18)9-13/h1-4,13-16,18,20H,5-11H2. The third-order valence-electron chi connectivity index (χ3n) is 5.93. The highest BCUT2D eigenvalue weighted by atomic mass is 19.1. The first-order chi connectivity index (χ1) is 9.78. The van der Waals surface area contributed by atoms with E-state index in [1.165, 1.54) is 37.7 Å². The van der Waals surface area contributed by atoms with Gasteiger partial charge < -0.3 is 5.32 Å². The Bertz CT molecular complexity index is 439. The van der Waals surface area contributed by atoms with Gasteiger partial charge in [0, 0.05) is 6.04 Å². The predicted octanol–water partition coefficient (Wildman–Crippen LogP) is 3.78. The molecule has 0 saturated heterocycles. The van der Waals surface area contributed by atoms with E-state index >= 15 is 0 Å². The van der Waals surface area contributed by atoms with E-state index in [1.807, 2.05) is 12.1 Å². The van der Waals surface area contributed by atoms with E-state index in [4.69, 9.17) is 0 Å². The molecule has 0 atom stereocenters. The molecule has 0 amide bonds. The SMILES string of the molecule is Fc1ccc(CCNC2C3CC4CC(C3)CC2C4)cc1. The first kappa shape index (κ1) is 12.8. The first-order valence-electron chi connectivity index (χ1n) is 8.26. The van der Waals surface area contributed by atoms with Gasteiger partial charge in [-0.15, -0.1) is 0 Å². The van der Waals surface area contributed by atoms with Crippen LogP contribution in [-0.2, 0) is 6.42 Å². The Balaban J connectivity index is 1.32. The van der Waals surface area contributed by atoms with E-state index < -0.39 is 0 Å². The average Bonchev–Trinajstić information content (AvgIpc) is 2.43. The van der Waals surface area contributed by atoms with Crippen LogP contribution < -0.4 is 5.32 Å². The summed E-state index contributed by atoms with van der Waals surface area (Å²) in [7, 11) is 0. The van der Waals surface area contributed by atoms with Crippen molar-refractivity contribution in [2.75, 3.05) is 6.54 Å². The molecule has 4 aliphatic carbocycles. The van der Waals surface area contributed by atoms with Crippen molar-refractivity contribution in [2.24, 2.45) is 23.7 Å². The third-order valence-corrected chi connectivity index (χ3v) is 5.93. The summed E-state index contributed by atoms with van der Waals surface area (Å²) >= 11 is 0. The maximum Gasteiger partial charge on any atom is 0.123 e. The van der Waals surface area contributed by atoms with E-state index in [1.54, 1.807) is 12.1 Å². The fourth-order valence-electron chi connectivity index (χ4n) is 5.29. The van der Waals surface area contributed by atoms with Crippen LogP contribution in [0.5, 0.6) is 0 Å². The Kier molecular flexibility index (Phi) is 3.30. The predicted molar refractivity (Wildman–Crippen MR) is 78.9 cm³/mol. The van der Waals surface area contributed by atoms with Gasteiger partial charge in [0.25, 0.3) is 0 Å². The number of halogens is 1. The van der Waals surface area contributed by atoms with Crippen LogP contribution in [0.4, 0.5) is 4.39 Å². The normalized spacial score (nSPS) is 38.4. The quantitative estimate of drug-likeness (QED) is 0.880. The van der Waals surface area contributed by atoms with Gasteiger partial charge in [0.1, 0.15) is 5.82 Å². The Morgan fingerprint density at radius 2 is 1.50 bits per heavy atom. The molecule has 2 heteroatoms. The molecule has 4 saturated carbocycles. The van der Waals surface area contributed by atoms with Crippen molar-refractivity contribution in [1.82, 2.24) is 5.32 Å². The molecule has 0 unspecified atom stereocenters. The summed E-state index contributed by atoms with van der Waals surface area (Å²) in [5.74, 6) is 3.85. The molecule has 0 aliphatic heterocycles. The van der Waals surface area contributed by atoms with Crippen molar-refractivity contribution in [3.8, 4) is 0 Å². The molecule has 4 fully saturated rings. The van der Waals surface area contributed by atoms with Gasteiger partial charge in [0.05, 0.1) is 0 Å². The lowest BCUT2D eigenvalue weighted by Gasteiger charge is -2.54. The van der Waals surface area contributed by atoms with Crippen LogP contribution in [0.15, 0.2) is 24.3 Å². The summed E-state index contributed by atoms with van der Waals surface area (Å²) in [5.41, 5.74) is 1.24. The maximum atomic E-state index is 12.9. The second-order valence-corrected chi connectivity index (χ2v) is 7.29. The van der Waals surface area contributed by atoms with Gasteiger partial charge in [-0.05, 0) is 86.4 Å². The molecule has 1 N–H and O–H groups in total. The molecule has 108 valence electrons. The number of benzene rings is 1. The summed E-state index contributed by atoms with van der Waals surface area (Å²) in [6, 6.07) is 7.72. The first-order valence-corrected chi connectivity index (χ1v) is 8.26. The topological polar surface area (TPSA) is 12.0 Å². The Hall–Kier alpha value is -0.890. The van der Waals surface area contributed by atoms with Crippen molar-refractivity contribution in [1.29, 1.82) is 0 Å².